The molecule has 1 fully saturated rings. The summed E-state index contributed by atoms with van der Waals surface area (Å²) in [6, 6.07) is 2.37. The summed E-state index contributed by atoms with van der Waals surface area (Å²) in [5.74, 6) is 3.15. The van der Waals surface area contributed by atoms with Gasteiger partial charge in [0.15, 0.2) is 0 Å². The molecule has 1 aliphatic rings. The van der Waals surface area contributed by atoms with Crippen LogP contribution < -0.4 is 10.6 Å². The zero-order chi connectivity index (χ0) is 11.5. The monoisotopic (exact) mass is 257 g/mol. The predicted octanol–water partition coefficient (Wildman–Crippen LogP) is 2.14. The van der Waals surface area contributed by atoms with Gasteiger partial charge in [-0.3, -0.25) is 0 Å². The van der Waals surface area contributed by atoms with Crippen LogP contribution in [0.1, 0.15) is 12.5 Å². The minimum absolute atomic E-state index is 0.464. The van der Waals surface area contributed by atoms with Crippen molar-refractivity contribution in [3.8, 4) is 0 Å². The molecule has 0 aliphatic carbocycles. The molecule has 16 heavy (non-hydrogen) atoms. The van der Waals surface area contributed by atoms with Crippen LogP contribution in [-0.2, 0) is 6.54 Å². The van der Waals surface area contributed by atoms with Crippen LogP contribution in [0, 0.1) is 0 Å². The van der Waals surface area contributed by atoms with Crippen molar-refractivity contribution >= 4 is 29.2 Å². The van der Waals surface area contributed by atoms with Crippen molar-refractivity contribution in [2.75, 3.05) is 23.0 Å². The molecule has 1 aromatic rings. The molecule has 0 saturated carbocycles. The average Bonchev–Trinajstić information content (AvgIpc) is 2.31. The van der Waals surface area contributed by atoms with Crippen LogP contribution in [0.25, 0.3) is 0 Å². The molecule has 5 heteroatoms. The van der Waals surface area contributed by atoms with E-state index < -0.39 is 0 Å². The van der Waals surface area contributed by atoms with Gasteiger partial charge < -0.3 is 10.6 Å². The highest BCUT2D eigenvalue weighted by molar-refractivity contribution is 7.99. The molecule has 0 bridgehead atoms. The van der Waals surface area contributed by atoms with Crippen molar-refractivity contribution in [3.05, 3.63) is 22.8 Å². The molecule has 1 aromatic heterocycles. The maximum Gasteiger partial charge on any atom is 0.147 e. The molecule has 1 saturated heterocycles. The first-order valence-electron chi connectivity index (χ1n) is 5.42. The highest BCUT2D eigenvalue weighted by Crippen LogP contribution is 2.30. The lowest BCUT2D eigenvalue weighted by atomic mass is 10.2. The van der Waals surface area contributed by atoms with E-state index in [1.165, 1.54) is 0 Å². The first-order chi connectivity index (χ1) is 7.74. The molecule has 2 N–H and O–H groups in total. The number of nitrogens with two attached hydrogens (primary N) is 1. The van der Waals surface area contributed by atoms with E-state index in [9.17, 15) is 0 Å². The van der Waals surface area contributed by atoms with E-state index in [0.717, 1.165) is 29.4 Å². The second-order valence-corrected chi connectivity index (χ2v) is 5.46. The third-order valence-electron chi connectivity index (χ3n) is 2.81. The number of hydrogen-bond acceptors (Lipinski definition) is 4. The minimum atomic E-state index is 0.464. The molecule has 1 unspecified atom stereocenters. The van der Waals surface area contributed by atoms with Gasteiger partial charge >= 0.3 is 0 Å². The second-order valence-electron chi connectivity index (χ2n) is 3.93. The molecule has 88 valence electrons. The van der Waals surface area contributed by atoms with E-state index in [2.05, 4.69) is 16.8 Å². The maximum atomic E-state index is 6.32. The Balaban J connectivity index is 2.31. The van der Waals surface area contributed by atoms with Crippen LogP contribution in [-0.4, -0.2) is 29.1 Å². The van der Waals surface area contributed by atoms with Gasteiger partial charge in [0.1, 0.15) is 5.82 Å². The number of aromatic nitrogens is 1. The number of hydrogen-bond donors (Lipinski definition) is 1. The first kappa shape index (κ1) is 12.0. The zero-order valence-corrected chi connectivity index (χ0v) is 10.9. The van der Waals surface area contributed by atoms with Gasteiger partial charge in [-0.15, -0.1) is 0 Å². The molecule has 2 heterocycles. The fraction of sp³-hybridized carbons (Fsp3) is 0.545. The van der Waals surface area contributed by atoms with Crippen LogP contribution >= 0.6 is 23.4 Å². The first-order valence-corrected chi connectivity index (χ1v) is 6.95. The van der Waals surface area contributed by atoms with Crippen molar-refractivity contribution in [3.63, 3.8) is 0 Å². The minimum Gasteiger partial charge on any atom is -0.351 e. The Morgan fingerprint density at radius 3 is 3.19 bits per heavy atom. The lowest BCUT2D eigenvalue weighted by Gasteiger charge is -2.34. The Hall–Kier alpha value is -0.450. The smallest absolute Gasteiger partial charge is 0.147 e. The summed E-state index contributed by atoms with van der Waals surface area (Å²) >= 11 is 8.30. The number of anilines is 1. The van der Waals surface area contributed by atoms with Crippen LogP contribution in [0.5, 0.6) is 0 Å². The van der Waals surface area contributed by atoms with E-state index in [1.54, 1.807) is 6.20 Å². The lowest BCUT2D eigenvalue weighted by molar-refractivity contribution is 0.689. The van der Waals surface area contributed by atoms with Crippen LogP contribution in [0.3, 0.4) is 0 Å². The van der Waals surface area contributed by atoms with Gasteiger partial charge in [0.25, 0.3) is 0 Å². The van der Waals surface area contributed by atoms with Crippen molar-refractivity contribution in [1.82, 2.24) is 4.98 Å². The van der Waals surface area contributed by atoms with Gasteiger partial charge in [-0.05, 0) is 18.6 Å². The Kier molecular flexibility index (Phi) is 3.95. The number of halogens is 1. The maximum absolute atomic E-state index is 6.32. The molecular formula is C11H16ClN3S. The molecule has 1 atom stereocenters. The van der Waals surface area contributed by atoms with E-state index in [4.69, 9.17) is 17.3 Å². The molecule has 3 nitrogen and oxygen atoms in total. The van der Waals surface area contributed by atoms with Gasteiger partial charge in [0.2, 0.25) is 0 Å². The van der Waals surface area contributed by atoms with Crippen molar-refractivity contribution in [2.24, 2.45) is 5.73 Å². The SMILES string of the molecule is CC1CSCCN1c1nccc(CN)c1Cl. The topological polar surface area (TPSA) is 42.2 Å². The number of rotatable bonds is 2. The van der Waals surface area contributed by atoms with Crippen molar-refractivity contribution in [2.45, 2.75) is 19.5 Å². The molecule has 0 amide bonds. The summed E-state index contributed by atoms with van der Waals surface area (Å²) in [5.41, 5.74) is 6.62. The van der Waals surface area contributed by atoms with E-state index >= 15 is 0 Å². The Morgan fingerprint density at radius 1 is 1.69 bits per heavy atom. The van der Waals surface area contributed by atoms with Gasteiger partial charge in [-0.2, -0.15) is 11.8 Å². The quantitative estimate of drug-likeness (QED) is 0.882. The number of thioether (sulfide) groups is 1. The fourth-order valence-electron chi connectivity index (χ4n) is 1.87. The van der Waals surface area contributed by atoms with Gasteiger partial charge in [-0.1, -0.05) is 11.6 Å². The van der Waals surface area contributed by atoms with Gasteiger partial charge in [-0.25, -0.2) is 4.98 Å². The number of pyridine rings is 1. The Bertz CT molecular complexity index is 372. The summed E-state index contributed by atoms with van der Waals surface area (Å²) in [5, 5.41) is 0.712. The Labute approximate surface area is 105 Å². The normalized spacial score (nSPS) is 21.2. The van der Waals surface area contributed by atoms with Crippen LogP contribution in [0.2, 0.25) is 5.02 Å². The summed E-state index contributed by atoms with van der Waals surface area (Å²) in [6.07, 6.45) is 1.79. The Morgan fingerprint density at radius 2 is 2.50 bits per heavy atom. The van der Waals surface area contributed by atoms with Gasteiger partial charge in [0.05, 0.1) is 5.02 Å². The van der Waals surface area contributed by atoms with Gasteiger partial charge in [0, 0.05) is 36.8 Å². The van der Waals surface area contributed by atoms with Crippen LogP contribution in [0.15, 0.2) is 12.3 Å². The zero-order valence-electron chi connectivity index (χ0n) is 9.32. The fourth-order valence-corrected chi connectivity index (χ4v) is 3.18. The molecule has 0 radical (unpaired) electrons. The second kappa shape index (κ2) is 5.25. The highest BCUT2D eigenvalue weighted by Gasteiger charge is 2.22. The lowest BCUT2D eigenvalue weighted by Crippen LogP contribution is -2.41. The average molecular weight is 258 g/mol. The van der Waals surface area contributed by atoms with Crippen molar-refractivity contribution in [1.29, 1.82) is 0 Å². The van der Waals surface area contributed by atoms with E-state index in [1.807, 2.05) is 17.8 Å². The van der Waals surface area contributed by atoms with Crippen LogP contribution in [0.4, 0.5) is 5.82 Å². The third-order valence-corrected chi connectivity index (χ3v) is 4.41. The molecule has 0 spiro atoms. The summed E-state index contributed by atoms with van der Waals surface area (Å²) in [6.45, 7) is 3.68. The van der Waals surface area contributed by atoms with Crippen molar-refractivity contribution < 1.29 is 0 Å². The predicted molar refractivity (Wildman–Crippen MR) is 71.3 cm³/mol. The molecule has 1 aliphatic heterocycles. The largest absolute Gasteiger partial charge is 0.351 e. The third kappa shape index (κ3) is 2.29. The standard InChI is InChI=1S/C11H16ClN3S/c1-8-7-16-5-4-15(8)11-10(12)9(6-13)2-3-14-11/h2-3,8H,4-7,13H2,1H3. The summed E-state index contributed by atoms with van der Waals surface area (Å²) < 4.78 is 0. The number of nitrogens with zero attached hydrogens (tertiary/aromatic N) is 2. The molecule has 0 aromatic carbocycles. The summed E-state index contributed by atoms with van der Waals surface area (Å²) in [7, 11) is 0. The highest BCUT2D eigenvalue weighted by atomic mass is 35.5. The molecule has 2 rings (SSSR count). The summed E-state index contributed by atoms with van der Waals surface area (Å²) in [4.78, 5) is 6.67. The molecular weight excluding hydrogens is 242 g/mol. The van der Waals surface area contributed by atoms with E-state index in [0.29, 0.717) is 17.6 Å². The van der Waals surface area contributed by atoms with E-state index in [-0.39, 0.29) is 0 Å².